The molecule has 0 aromatic heterocycles. The molecule has 0 atom stereocenters. The molecule has 1 aromatic rings. The van der Waals surface area contributed by atoms with Crippen molar-refractivity contribution in [3.05, 3.63) is 22.2 Å². The average molecular weight is 339 g/mol. The van der Waals surface area contributed by atoms with Crippen LogP contribution in [0.25, 0.3) is 0 Å². The third kappa shape index (κ3) is 4.73. The Kier molecular flexibility index (Phi) is 5.76. The molecule has 0 aliphatic heterocycles. The zero-order valence-electron chi connectivity index (χ0n) is 11.7. The predicted molar refractivity (Wildman–Crippen MR) is 76.7 cm³/mol. The fourth-order valence-electron chi connectivity index (χ4n) is 1.50. The van der Waals surface area contributed by atoms with Crippen LogP contribution in [0.2, 0.25) is 0 Å². The molecule has 10 heteroatoms. The van der Waals surface area contributed by atoms with E-state index in [2.05, 4.69) is 0 Å². The normalized spacial score (nSPS) is 11.5. The van der Waals surface area contributed by atoms with E-state index in [9.17, 15) is 18.5 Å². The van der Waals surface area contributed by atoms with E-state index in [1.807, 2.05) is 19.0 Å². The molecule has 0 saturated carbocycles. The summed E-state index contributed by atoms with van der Waals surface area (Å²) in [5, 5.41) is 10.9. The molecular formula is C11H15ClN2O6S. The lowest BCUT2D eigenvalue weighted by molar-refractivity contribution is -0.385. The number of non-ortho nitro benzene ring substituents is 1. The van der Waals surface area contributed by atoms with Crippen LogP contribution in [0.5, 0.6) is 11.5 Å². The quantitative estimate of drug-likeness (QED) is 0.421. The molecule has 0 radical (unpaired) electrons. The van der Waals surface area contributed by atoms with Crippen LogP contribution in [0.15, 0.2) is 17.0 Å². The highest BCUT2D eigenvalue weighted by Crippen LogP contribution is 2.39. The van der Waals surface area contributed by atoms with Crippen LogP contribution in [-0.2, 0) is 9.05 Å². The Labute approximate surface area is 126 Å². The van der Waals surface area contributed by atoms with E-state index in [4.69, 9.17) is 20.2 Å². The van der Waals surface area contributed by atoms with Crippen molar-refractivity contribution in [3.63, 3.8) is 0 Å². The number of hydrogen-bond acceptors (Lipinski definition) is 7. The summed E-state index contributed by atoms with van der Waals surface area (Å²) in [6, 6.07) is 1.93. The van der Waals surface area contributed by atoms with Crippen LogP contribution in [0.3, 0.4) is 0 Å². The Balaban J connectivity index is 3.32. The van der Waals surface area contributed by atoms with Crippen molar-refractivity contribution < 1.29 is 22.8 Å². The van der Waals surface area contributed by atoms with Crippen molar-refractivity contribution in [2.45, 2.75) is 4.90 Å². The van der Waals surface area contributed by atoms with Gasteiger partial charge in [-0.25, -0.2) is 8.42 Å². The number of methoxy groups -OCH3 is 1. The number of nitro benzene ring substituents is 1. The zero-order chi connectivity index (χ0) is 16.2. The molecule has 0 aliphatic carbocycles. The van der Waals surface area contributed by atoms with E-state index in [1.165, 1.54) is 7.11 Å². The van der Waals surface area contributed by atoms with Crippen molar-refractivity contribution in [2.24, 2.45) is 0 Å². The average Bonchev–Trinajstić information content (AvgIpc) is 2.36. The first-order chi connectivity index (χ1) is 9.66. The maximum atomic E-state index is 11.5. The Morgan fingerprint density at radius 3 is 2.43 bits per heavy atom. The van der Waals surface area contributed by atoms with Crippen LogP contribution in [0.4, 0.5) is 5.69 Å². The molecule has 21 heavy (non-hydrogen) atoms. The van der Waals surface area contributed by atoms with Crippen molar-refractivity contribution >= 4 is 25.4 Å². The van der Waals surface area contributed by atoms with Gasteiger partial charge in [-0.1, -0.05) is 0 Å². The highest BCUT2D eigenvalue weighted by molar-refractivity contribution is 8.13. The fraction of sp³-hybridized carbons (Fsp3) is 0.455. The molecule has 0 N–H and O–H groups in total. The minimum absolute atomic E-state index is 0.0484. The molecule has 1 aromatic carbocycles. The topological polar surface area (TPSA) is 99.0 Å². The number of halogens is 1. The number of benzene rings is 1. The Morgan fingerprint density at radius 2 is 2.00 bits per heavy atom. The van der Waals surface area contributed by atoms with Gasteiger partial charge in [-0.3, -0.25) is 10.1 Å². The van der Waals surface area contributed by atoms with E-state index >= 15 is 0 Å². The molecule has 0 aliphatic rings. The maximum Gasteiger partial charge on any atom is 0.274 e. The number of rotatable bonds is 7. The minimum atomic E-state index is -4.21. The van der Waals surface area contributed by atoms with Gasteiger partial charge in [0.2, 0.25) is 0 Å². The lowest BCUT2D eigenvalue weighted by atomic mass is 10.3. The Morgan fingerprint density at radius 1 is 1.38 bits per heavy atom. The number of nitro groups is 1. The monoisotopic (exact) mass is 338 g/mol. The molecule has 0 fully saturated rings. The Bertz CT molecular complexity index is 632. The Hall–Kier alpha value is -1.58. The molecule has 0 bridgehead atoms. The molecule has 1 rings (SSSR count). The van der Waals surface area contributed by atoms with Crippen LogP contribution in [0, 0.1) is 10.1 Å². The summed E-state index contributed by atoms with van der Waals surface area (Å²) in [4.78, 5) is 11.5. The second-order valence-corrected chi connectivity index (χ2v) is 6.86. The van der Waals surface area contributed by atoms with Crippen molar-refractivity contribution in [1.82, 2.24) is 4.90 Å². The molecule has 118 valence electrons. The maximum absolute atomic E-state index is 11.5. The number of ether oxygens (including phenoxy) is 2. The van der Waals surface area contributed by atoms with Gasteiger partial charge >= 0.3 is 0 Å². The highest BCUT2D eigenvalue weighted by Gasteiger charge is 2.26. The van der Waals surface area contributed by atoms with Crippen LogP contribution < -0.4 is 9.47 Å². The summed E-state index contributed by atoms with van der Waals surface area (Å²) in [5.74, 6) is -0.206. The first-order valence-corrected chi connectivity index (χ1v) is 8.06. The van der Waals surface area contributed by atoms with Gasteiger partial charge in [0.05, 0.1) is 18.1 Å². The lowest BCUT2D eigenvalue weighted by Gasteiger charge is -2.15. The molecular weight excluding hydrogens is 324 g/mol. The lowest BCUT2D eigenvalue weighted by Crippen LogP contribution is -2.19. The van der Waals surface area contributed by atoms with Gasteiger partial charge in [-0.2, -0.15) is 0 Å². The predicted octanol–water partition coefficient (Wildman–Crippen LogP) is 1.47. The van der Waals surface area contributed by atoms with E-state index in [0.717, 1.165) is 12.1 Å². The number of hydrogen-bond donors (Lipinski definition) is 0. The fourth-order valence-corrected chi connectivity index (χ4v) is 2.51. The summed E-state index contributed by atoms with van der Waals surface area (Å²) in [5.41, 5.74) is -0.449. The van der Waals surface area contributed by atoms with Crippen LogP contribution in [-0.4, -0.2) is 52.6 Å². The third-order valence-electron chi connectivity index (χ3n) is 2.48. The third-order valence-corrected chi connectivity index (χ3v) is 3.81. The van der Waals surface area contributed by atoms with Gasteiger partial charge in [0.25, 0.3) is 14.7 Å². The molecule has 0 saturated heterocycles. The summed E-state index contributed by atoms with van der Waals surface area (Å²) >= 11 is 0. The summed E-state index contributed by atoms with van der Waals surface area (Å²) in [6.45, 7) is 0.737. The molecule has 0 heterocycles. The van der Waals surface area contributed by atoms with E-state index < -0.39 is 24.6 Å². The van der Waals surface area contributed by atoms with Crippen molar-refractivity contribution in [1.29, 1.82) is 0 Å². The van der Waals surface area contributed by atoms with Gasteiger partial charge in [0.1, 0.15) is 11.5 Å². The number of nitrogens with zero attached hydrogens (tertiary/aromatic N) is 2. The van der Waals surface area contributed by atoms with Crippen molar-refractivity contribution in [2.75, 3.05) is 34.4 Å². The molecule has 0 unspecified atom stereocenters. The second-order valence-electron chi connectivity index (χ2n) is 4.32. The summed E-state index contributed by atoms with van der Waals surface area (Å²) in [6.07, 6.45) is 0. The molecule has 0 amide bonds. The van der Waals surface area contributed by atoms with Gasteiger partial charge in [0, 0.05) is 23.3 Å². The SMILES string of the molecule is COc1c(OCCN(C)C)cc([N+](=O)[O-])cc1S(=O)(=O)Cl. The van der Waals surface area contributed by atoms with E-state index in [0.29, 0.717) is 6.54 Å². The summed E-state index contributed by atoms with van der Waals surface area (Å²) < 4.78 is 33.4. The first kappa shape index (κ1) is 17.5. The number of likely N-dealkylation sites (N-methyl/N-ethyl adjacent to an activating group) is 1. The minimum Gasteiger partial charge on any atom is -0.492 e. The van der Waals surface area contributed by atoms with Crippen molar-refractivity contribution in [3.8, 4) is 11.5 Å². The van der Waals surface area contributed by atoms with Crippen LogP contribution in [0.1, 0.15) is 0 Å². The van der Waals surface area contributed by atoms with Gasteiger partial charge in [0.15, 0.2) is 11.5 Å². The van der Waals surface area contributed by atoms with Gasteiger partial charge in [-0.05, 0) is 14.1 Å². The largest absolute Gasteiger partial charge is 0.492 e. The zero-order valence-corrected chi connectivity index (χ0v) is 13.3. The van der Waals surface area contributed by atoms with Crippen LogP contribution >= 0.6 is 10.7 Å². The van der Waals surface area contributed by atoms with E-state index in [-0.39, 0.29) is 18.1 Å². The van der Waals surface area contributed by atoms with E-state index in [1.54, 1.807) is 0 Å². The molecule has 8 nitrogen and oxygen atoms in total. The summed E-state index contributed by atoms with van der Waals surface area (Å²) in [7, 11) is 5.94. The first-order valence-electron chi connectivity index (χ1n) is 5.75. The highest BCUT2D eigenvalue weighted by atomic mass is 35.7. The smallest absolute Gasteiger partial charge is 0.274 e. The standard InChI is InChI=1S/C11H15ClN2O6S/c1-13(2)4-5-20-9-6-8(14(15)16)7-10(11(9)19-3)21(12,17)18/h6-7H,4-5H2,1-3H3. The van der Waals surface area contributed by atoms with Gasteiger partial charge in [-0.15, -0.1) is 0 Å². The molecule has 0 spiro atoms. The van der Waals surface area contributed by atoms with Gasteiger partial charge < -0.3 is 14.4 Å². The second kappa shape index (κ2) is 6.92.